The van der Waals surface area contributed by atoms with Crippen molar-refractivity contribution in [3.63, 3.8) is 0 Å². The second kappa shape index (κ2) is 2.09. The minimum Gasteiger partial charge on any atom is -0.357 e. The Hall–Kier alpha value is -0.353. The molecule has 7 heavy (non-hydrogen) atoms. The minimum atomic E-state index is 0.110. The van der Waals surface area contributed by atoms with Crippen LogP contribution < -0.4 is 10.3 Å². The number of amides is 1. The maximum atomic E-state index is 10.3. The molecule has 1 aliphatic rings. The molecule has 1 saturated heterocycles. The second-order valence-electron chi connectivity index (χ2n) is 1.31. The molecule has 2 N–H and O–H groups in total. The highest BCUT2D eigenvalue weighted by atomic mass is 28.2. The molecule has 0 spiro atoms. The zero-order valence-corrected chi connectivity index (χ0v) is 4.82. The highest BCUT2D eigenvalue weighted by Crippen LogP contribution is 1.66. The maximum absolute atomic E-state index is 10.3. The fraction of sp³-hybridized carbons (Fsp3) is 0.667. The summed E-state index contributed by atoms with van der Waals surface area (Å²) in [6, 6.07) is 0. The van der Waals surface area contributed by atoms with Crippen molar-refractivity contribution in [2.75, 3.05) is 12.7 Å². The molecule has 1 amide bonds. The van der Waals surface area contributed by atoms with E-state index in [1.165, 1.54) is 0 Å². The largest absolute Gasteiger partial charge is 0.357 e. The van der Waals surface area contributed by atoms with Crippen LogP contribution in [0.15, 0.2) is 0 Å². The molecule has 38 valence electrons. The quantitative estimate of drug-likeness (QED) is 0.368. The number of carbonyl (C=O) groups excluding carboxylic acids is 1. The van der Waals surface area contributed by atoms with E-state index < -0.39 is 0 Å². The van der Waals surface area contributed by atoms with Gasteiger partial charge in [0.05, 0.1) is 6.54 Å². The van der Waals surface area contributed by atoms with Gasteiger partial charge in [-0.15, -0.1) is 0 Å². The fourth-order valence-electron chi connectivity index (χ4n) is 0.411. The summed E-state index contributed by atoms with van der Waals surface area (Å²) in [6.07, 6.45) is 0.804. The third-order valence-corrected chi connectivity index (χ3v) is 1.53. The van der Waals surface area contributed by atoms with Crippen LogP contribution in [0.25, 0.3) is 0 Å². The lowest BCUT2D eigenvalue weighted by molar-refractivity contribution is -0.120. The summed E-state index contributed by atoms with van der Waals surface area (Å²) < 4.78 is 0. The summed E-state index contributed by atoms with van der Waals surface area (Å²) in [7, 11) is 0.706. The zero-order chi connectivity index (χ0) is 5.11. The summed E-state index contributed by atoms with van der Waals surface area (Å²) in [4.78, 5) is 13.2. The molecule has 2 radical (unpaired) electrons. The lowest BCUT2D eigenvalue weighted by Crippen LogP contribution is -2.46. The minimum absolute atomic E-state index is 0.110. The smallest absolute Gasteiger partial charge is 0.233 e. The maximum Gasteiger partial charge on any atom is 0.233 e. The first-order valence-electron chi connectivity index (χ1n) is 2.12. The number of hydrogen-bond donors (Lipinski definition) is 2. The number of nitrogens with one attached hydrogen (secondary N) is 2. The van der Waals surface area contributed by atoms with Crippen LogP contribution in [0.1, 0.15) is 0 Å². The van der Waals surface area contributed by atoms with E-state index in [0.29, 0.717) is 16.2 Å². The molecule has 0 aromatic carbocycles. The van der Waals surface area contributed by atoms with E-state index in [2.05, 4.69) is 10.3 Å². The van der Waals surface area contributed by atoms with Crippen molar-refractivity contribution < 1.29 is 4.79 Å². The number of carbonyl (C=O) groups is 1. The van der Waals surface area contributed by atoms with E-state index in [0.717, 1.165) is 6.17 Å². The molecule has 0 aliphatic carbocycles. The SMILES string of the molecule is O=C1CN[Si]CN1. The van der Waals surface area contributed by atoms with Crippen molar-refractivity contribution in [1.29, 1.82) is 0 Å². The van der Waals surface area contributed by atoms with E-state index in [1.54, 1.807) is 0 Å². The third kappa shape index (κ3) is 1.28. The van der Waals surface area contributed by atoms with Crippen molar-refractivity contribution in [2.45, 2.75) is 0 Å². The predicted octanol–water partition coefficient (Wildman–Crippen LogP) is -1.72. The van der Waals surface area contributed by atoms with Gasteiger partial charge < -0.3 is 10.3 Å². The first-order chi connectivity index (χ1) is 3.39. The molecule has 0 atom stereocenters. The van der Waals surface area contributed by atoms with E-state index >= 15 is 0 Å². The van der Waals surface area contributed by atoms with Gasteiger partial charge in [-0.25, -0.2) is 0 Å². The van der Waals surface area contributed by atoms with Gasteiger partial charge in [0.25, 0.3) is 0 Å². The Labute approximate surface area is 44.4 Å². The number of rotatable bonds is 0. The van der Waals surface area contributed by atoms with Crippen LogP contribution >= 0.6 is 0 Å². The van der Waals surface area contributed by atoms with Gasteiger partial charge in [-0.2, -0.15) is 0 Å². The van der Waals surface area contributed by atoms with Gasteiger partial charge in [-0.1, -0.05) is 0 Å². The lowest BCUT2D eigenvalue weighted by atomic mass is 10.6. The zero-order valence-electron chi connectivity index (χ0n) is 3.82. The van der Waals surface area contributed by atoms with Crippen LogP contribution in [-0.2, 0) is 4.79 Å². The Morgan fingerprint density at radius 2 is 2.57 bits per heavy atom. The highest BCUT2D eigenvalue weighted by molar-refractivity contribution is 6.34. The van der Waals surface area contributed by atoms with Gasteiger partial charge >= 0.3 is 0 Å². The van der Waals surface area contributed by atoms with Crippen molar-refractivity contribution in [3.8, 4) is 0 Å². The lowest BCUT2D eigenvalue weighted by Gasteiger charge is -2.09. The molecule has 4 heteroatoms. The second-order valence-corrected chi connectivity index (χ2v) is 2.37. The normalized spacial score (nSPS) is 21.4. The summed E-state index contributed by atoms with van der Waals surface area (Å²) >= 11 is 0. The highest BCUT2D eigenvalue weighted by Gasteiger charge is 2.04. The Morgan fingerprint density at radius 1 is 1.71 bits per heavy atom. The van der Waals surface area contributed by atoms with Gasteiger partial charge in [0, 0.05) is 6.17 Å². The Bertz CT molecular complexity index is 77.0. The molecule has 1 aliphatic heterocycles. The van der Waals surface area contributed by atoms with Crippen molar-refractivity contribution >= 4 is 15.6 Å². The summed E-state index contributed by atoms with van der Waals surface area (Å²) in [5.74, 6) is 0.110. The van der Waals surface area contributed by atoms with E-state index in [9.17, 15) is 4.79 Å². The van der Waals surface area contributed by atoms with Crippen LogP contribution in [0.2, 0.25) is 0 Å². The summed E-state index contributed by atoms with van der Waals surface area (Å²) in [5, 5.41) is 2.69. The average Bonchev–Trinajstić information content (AvgIpc) is 1.69. The van der Waals surface area contributed by atoms with E-state index in [-0.39, 0.29) is 5.91 Å². The van der Waals surface area contributed by atoms with Gasteiger partial charge in [0.1, 0.15) is 0 Å². The van der Waals surface area contributed by atoms with Crippen LogP contribution in [0, 0.1) is 0 Å². The Kier molecular flexibility index (Phi) is 1.43. The van der Waals surface area contributed by atoms with E-state index in [1.807, 2.05) is 0 Å². The first kappa shape index (κ1) is 4.80. The molecule has 1 fully saturated rings. The Balaban J connectivity index is 2.25. The van der Waals surface area contributed by atoms with Crippen LogP contribution in [0.3, 0.4) is 0 Å². The predicted molar refractivity (Wildman–Crippen MR) is 26.8 cm³/mol. The van der Waals surface area contributed by atoms with Crippen LogP contribution in [0.4, 0.5) is 0 Å². The van der Waals surface area contributed by atoms with Gasteiger partial charge in [-0.05, 0) is 0 Å². The Morgan fingerprint density at radius 3 is 2.86 bits per heavy atom. The fourth-order valence-corrected chi connectivity index (χ4v) is 1.11. The number of hydrogen-bond acceptors (Lipinski definition) is 2. The van der Waals surface area contributed by atoms with Gasteiger partial charge in [-0.3, -0.25) is 4.79 Å². The monoisotopic (exact) mass is 114 g/mol. The van der Waals surface area contributed by atoms with Crippen LogP contribution in [0.5, 0.6) is 0 Å². The van der Waals surface area contributed by atoms with Crippen LogP contribution in [-0.4, -0.2) is 28.3 Å². The first-order valence-corrected chi connectivity index (χ1v) is 3.33. The molecule has 0 saturated carbocycles. The van der Waals surface area contributed by atoms with Crippen molar-refractivity contribution in [1.82, 2.24) is 10.3 Å². The molecule has 1 heterocycles. The molecular formula is C3H6N2OSi. The molecule has 0 aromatic heterocycles. The molecule has 3 nitrogen and oxygen atoms in total. The van der Waals surface area contributed by atoms with Crippen molar-refractivity contribution in [3.05, 3.63) is 0 Å². The van der Waals surface area contributed by atoms with Gasteiger partial charge in [0.15, 0.2) is 9.68 Å². The molecule has 0 bridgehead atoms. The van der Waals surface area contributed by atoms with Crippen molar-refractivity contribution in [2.24, 2.45) is 0 Å². The van der Waals surface area contributed by atoms with E-state index in [4.69, 9.17) is 0 Å². The topological polar surface area (TPSA) is 41.1 Å². The summed E-state index contributed by atoms with van der Waals surface area (Å²) in [6.45, 7) is 0.498. The standard InChI is InChI=1S/C3H6N2OSi/c6-3-1-5-7-2-4-3/h5H,1-2H2,(H,4,6). The van der Waals surface area contributed by atoms with Gasteiger partial charge in [0.2, 0.25) is 5.91 Å². The third-order valence-electron chi connectivity index (χ3n) is 0.748. The summed E-state index contributed by atoms with van der Waals surface area (Å²) in [5.41, 5.74) is 0. The molecule has 1 rings (SSSR count). The average molecular weight is 114 g/mol. The molecular weight excluding hydrogens is 108 g/mol. The molecule has 0 aromatic rings. The molecule has 0 unspecified atom stereocenters.